The molecule has 1 aliphatic rings. The van der Waals surface area contributed by atoms with Crippen molar-refractivity contribution in [2.75, 3.05) is 36.7 Å². The van der Waals surface area contributed by atoms with Crippen molar-refractivity contribution in [3.05, 3.63) is 40.4 Å². The SMILES string of the molecule is Cc1nc(C)n(CCC(=O)N2CCN(C(C)C)CCCN(S(C)(=O)=O)c3cc(Cl)ccc3C2)n1. The molecule has 0 saturated heterocycles. The highest BCUT2D eigenvalue weighted by atomic mass is 35.5. The van der Waals surface area contributed by atoms with Crippen LogP contribution >= 0.6 is 11.6 Å². The maximum absolute atomic E-state index is 13.4. The van der Waals surface area contributed by atoms with Gasteiger partial charge in [-0.05, 0) is 51.8 Å². The molecule has 1 aromatic carbocycles. The summed E-state index contributed by atoms with van der Waals surface area (Å²) in [6.07, 6.45) is 2.17. The standard InChI is InChI=1S/C23H35ClN6O3S/c1-17(2)27-10-6-11-30(34(5,32)33)22-15-21(24)8-7-20(22)16-28(14-13-27)23(31)9-12-29-19(4)25-18(3)26-29/h7-8,15,17H,6,9-14,16H2,1-5H3. The Morgan fingerprint density at radius 2 is 1.88 bits per heavy atom. The summed E-state index contributed by atoms with van der Waals surface area (Å²) in [6, 6.07) is 5.52. The number of carbonyl (C=O) groups is 1. The summed E-state index contributed by atoms with van der Waals surface area (Å²) in [5.41, 5.74) is 1.29. The zero-order valence-corrected chi connectivity index (χ0v) is 22.2. The minimum absolute atomic E-state index is 0.0117. The second kappa shape index (κ2) is 11.0. The number of anilines is 1. The van der Waals surface area contributed by atoms with Crippen molar-refractivity contribution in [1.29, 1.82) is 0 Å². The maximum Gasteiger partial charge on any atom is 0.232 e. The normalized spacial score (nSPS) is 16.4. The lowest BCUT2D eigenvalue weighted by atomic mass is 10.1. The molecule has 0 atom stereocenters. The maximum atomic E-state index is 13.4. The third-order valence-corrected chi connectivity index (χ3v) is 7.54. The Labute approximate surface area is 207 Å². The van der Waals surface area contributed by atoms with Gasteiger partial charge < -0.3 is 4.90 Å². The van der Waals surface area contributed by atoms with Crippen molar-refractivity contribution in [3.8, 4) is 0 Å². The second-order valence-electron chi connectivity index (χ2n) is 9.09. The Hall–Kier alpha value is -2.17. The van der Waals surface area contributed by atoms with Gasteiger partial charge in [-0.3, -0.25) is 14.0 Å². The Morgan fingerprint density at radius 1 is 1.15 bits per heavy atom. The zero-order chi connectivity index (χ0) is 25.0. The van der Waals surface area contributed by atoms with Crippen LogP contribution in [0.15, 0.2) is 18.2 Å². The van der Waals surface area contributed by atoms with Gasteiger partial charge in [0.2, 0.25) is 15.9 Å². The first-order valence-electron chi connectivity index (χ1n) is 11.6. The van der Waals surface area contributed by atoms with Gasteiger partial charge in [0.1, 0.15) is 11.6 Å². The van der Waals surface area contributed by atoms with Crippen LogP contribution in [-0.4, -0.2) is 77.4 Å². The highest BCUT2D eigenvalue weighted by Crippen LogP contribution is 2.29. The molecule has 11 heteroatoms. The molecule has 0 N–H and O–H groups in total. The van der Waals surface area contributed by atoms with Crippen LogP contribution in [0.5, 0.6) is 0 Å². The number of hydrogen-bond acceptors (Lipinski definition) is 6. The smallest absolute Gasteiger partial charge is 0.232 e. The quantitative estimate of drug-likeness (QED) is 0.614. The summed E-state index contributed by atoms with van der Waals surface area (Å²) in [5.74, 6) is 1.44. The van der Waals surface area contributed by atoms with E-state index in [0.29, 0.717) is 55.7 Å². The van der Waals surface area contributed by atoms with E-state index in [9.17, 15) is 13.2 Å². The molecule has 1 aromatic heterocycles. The highest BCUT2D eigenvalue weighted by molar-refractivity contribution is 7.92. The molecule has 2 aromatic rings. The zero-order valence-electron chi connectivity index (χ0n) is 20.7. The van der Waals surface area contributed by atoms with E-state index in [4.69, 9.17) is 11.6 Å². The third-order valence-electron chi connectivity index (χ3n) is 6.12. The van der Waals surface area contributed by atoms with E-state index in [-0.39, 0.29) is 18.4 Å². The van der Waals surface area contributed by atoms with Crippen LogP contribution in [0.1, 0.15) is 43.9 Å². The van der Waals surface area contributed by atoms with Gasteiger partial charge in [0, 0.05) is 50.2 Å². The lowest BCUT2D eigenvalue weighted by Gasteiger charge is -2.30. The van der Waals surface area contributed by atoms with Gasteiger partial charge >= 0.3 is 0 Å². The fourth-order valence-corrected chi connectivity index (χ4v) is 5.45. The largest absolute Gasteiger partial charge is 0.337 e. The van der Waals surface area contributed by atoms with E-state index in [1.807, 2.05) is 24.8 Å². The number of rotatable bonds is 5. The number of hydrogen-bond donors (Lipinski definition) is 0. The van der Waals surface area contributed by atoms with Crippen LogP contribution in [0.3, 0.4) is 0 Å². The molecule has 188 valence electrons. The number of benzene rings is 1. The first-order chi connectivity index (χ1) is 16.0. The topological polar surface area (TPSA) is 91.6 Å². The number of halogens is 1. The molecular formula is C23H35ClN6O3S. The molecular weight excluding hydrogens is 476 g/mol. The van der Waals surface area contributed by atoms with Gasteiger partial charge in [-0.15, -0.1) is 0 Å². The number of fused-ring (bicyclic) bond motifs is 1. The average molecular weight is 511 g/mol. The summed E-state index contributed by atoms with van der Waals surface area (Å²) in [7, 11) is -3.53. The Kier molecular flexibility index (Phi) is 8.59. The Morgan fingerprint density at radius 3 is 2.50 bits per heavy atom. The Bertz CT molecular complexity index is 1120. The molecule has 2 heterocycles. The fourth-order valence-electron chi connectivity index (χ4n) is 4.29. The molecule has 0 aliphatic carbocycles. The molecule has 1 amide bonds. The molecule has 0 radical (unpaired) electrons. The minimum Gasteiger partial charge on any atom is -0.337 e. The average Bonchev–Trinajstić information content (AvgIpc) is 3.05. The van der Waals surface area contributed by atoms with Crippen molar-refractivity contribution >= 4 is 33.2 Å². The monoisotopic (exact) mass is 510 g/mol. The number of nitrogens with zero attached hydrogens (tertiary/aromatic N) is 6. The number of aromatic nitrogens is 3. The van der Waals surface area contributed by atoms with Crippen LogP contribution < -0.4 is 4.31 Å². The molecule has 34 heavy (non-hydrogen) atoms. The van der Waals surface area contributed by atoms with Crippen LogP contribution in [0, 0.1) is 13.8 Å². The second-order valence-corrected chi connectivity index (χ2v) is 11.4. The summed E-state index contributed by atoms with van der Waals surface area (Å²) < 4.78 is 28.6. The van der Waals surface area contributed by atoms with Crippen molar-refractivity contribution < 1.29 is 13.2 Å². The van der Waals surface area contributed by atoms with Gasteiger partial charge in [-0.2, -0.15) is 5.10 Å². The first-order valence-corrected chi connectivity index (χ1v) is 13.8. The number of amides is 1. The predicted octanol–water partition coefficient (Wildman–Crippen LogP) is 2.85. The first kappa shape index (κ1) is 26.4. The van der Waals surface area contributed by atoms with Crippen LogP contribution in [0.4, 0.5) is 5.69 Å². The number of aryl methyl sites for hydroxylation is 3. The Balaban J connectivity index is 1.93. The van der Waals surface area contributed by atoms with Crippen LogP contribution in [-0.2, 0) is 27.9 Å². The summed E-state index contributed by atoms with van der Waals surface area (Å²) in [5, 5.41) is 4.82. The fraction of sp³-hybridized carbons (Fsp3) is 0.609. The van der Waals surface area contributed by atoms with E-state index in [0.717, 1.165) is 17.9 Å². The molecule has 0 spiro atoms. The van der Waals surface area contributed by atoms with E-state index in [2.05, 4.69) is 28.8 Å². The van der Waals surface area contributed by atoms with Gasteiger partial charge in [-0.1, -0.05) is 17.7 Å². The molecule has 3 rings (SSSR count). The molecule has 0 fully saturated rings. The van der Waals surface area contributed by atoms with Crippen molar-refractivity contribution in [2.24, 2.45) is 0 Å². The van der Waals surface area contributed by atoms with E-state index < -0.39 is 10.0 Å². The third kappa shape index (κ3) is 6.70. The number of sulfonamides is 1. The van der Waals surface area contributed by atoms with E-state index in [1.54, 1.807) is 16.8 Å². The molecule has 0 unspecified atom stereocenters. The van der Waals surface area contributed by atoms with Gasteiger partial charge in [0.25, 0.3) is 0 Å². The van der Waals surface area contributed by atoms with Crippen LogP contribution in [0.2, 0.25) is 5.02 Å². The highest BCUT2D eigenvalue weighted by Gasteiger charge is 2.25. The molecule has 0 saturated carbocycles. The van der Waals surface area contributed by atoms with Gasteiger partial charge in [0.15, 0.2) is 0 Å². The number of carbonyl (C=O) groups excluding carboxylic acids is 1. The molecule has 9 nitrogen and oxygen atoms in total. The van der Waals surface area contributed by atoms with Crippen molar-refractivity contribution in [3.63, 3.8) is 0 Å². The molecule has 1 aliphatic heterocycles. The van der Waals surface area contributed by atoms with Crippen molar-refractivity contribution in [1.82, 2.24) is 24.6 Å². The van der Waals surface area contributed by atoms with Gasteiger partial charge in [0.05, 0.1) is 18.5 Å². The van der Waals surface area contributed by atoms with Gasteiger partial charge in [-0.25, -0.2) is 18.1 Å². The minimum atomic E-state index is -3.53. The predicted molar refractivity (Wildman–Crippen MR) is 134 cm³/mol. The van der Waals surface area contributed by atoms with Crippen LogP contribution in [0.25, 0.3) is 0 Å². The summed E-state index contributed by atoms with van der Waals surface area (Å²) >= 11 is 6.26. The van der Waals surface area contributed by atoms with E-state index >= 15 is 0 Å². The lowest BCUT2D eigenvalue weighted by molar-refractivity contribution is -0.132. The van der Waals surface area contributed by atoms with E-state index in [1.165, 1.54) is 10.6 Å². The van der Waals surface area contributed by atoms with Crippen molar-refractivity contribution in [2.45, 2.75) is 59.7 Å². The lowest BCUT2D eigenvalue weighted by Crippen LogP contribution is -2.41. The summed E-state index contributed by atoms with van der Waals surface area (Å²) in [4.78, 5) is 21.8. The molecule has 0 bridgehead atoms. The summed E-state index contributed by atoms with van der Waals surface area (Å²) in [6.45, 7) is 11.0.